The Labute approximate surface area is 190 Å². The molecule has 168 valence electrons. The van der Waals surface area contributed by atoms with Crippen molar-refractivity contribution < 1.29 is 9.32 Å². The first-order chi connectivity index (χ1) is 16.0. The van der Waals surface area contributed by atoms with Crippen molar-refractivity contribution in [2.24, 2.45) is 0 Å². The van der Waals surface area contributed by atoms with Crippen LogP contribution in [0.15, 0.2) is 51.8 Å². The zero-order valence-corrected chi connectivity index (χ0v) is 18.7. The number of fused-ring (bicyclic) bond motifs is 1. The van der Waals surface area contributed by atoms with E-state index in [1.165, 1.54) is 6.92 Å². The van der Waals surface area contributed by atoms with Crippen molar-refractivity contribution in [2.45, 2.75) is 52.0 Å². The molecule has 1 N–H and O–H groups in total. The Morgan fingerprint density at radius 1 is 1.12 bits per heavy atom. The fourth-order valence-corrected chi connectivity index (χ4v) is 4.52. The van der Waals surface area contributed by atoms with Gasteiger partial charge in [0.1, 0.15) is 5.69 Å². The number of rotatable bonds is 5. The van der Waals surface area contributed by atoms with Crippen LogP contribution in [0.4, 0.5) is 5.69 Å². The lowest BCUT2D eigenvalue weighted by Gasteiger charge is -2.17. The quantitative estimate of drug-likeness (QED) is 0.490. The van der Waals surface area contributed by atoms with E-state index in [0.29, 0.717) is 23.8 Å². The van der Waals surface area contributed by atoms with Gasteiger partial charge in [-0.1, -0.05) is 30.1 Å². The Morgan fingerprint density at radius 3 is 2.61 bits per heavy atom. The molecule has 8 heteroatoms. The summed E-state index contributed by atoms with van der Waals surface area (Å²) in [6.07, 6.45) is 4.85. The van der Waals surface area contributed by atoms with Gasteiger partial charge in [0.25, 0.3) is 5.56 Å². The molecule has 8 nitrogen and oxygen atoms in total. The van der Waals surface area contributed by atoms with E-state index < -0.39 is 0 Å². The third-order valence-corrected chi connectivity index (χ3v) is 6.10. The summed E-state index contributed by atoms with van der Waals surface area (Å²) in [4.78, 5) is 33.1. The van der Waals surface area contributed by atoms with Crippen LogP contribution in [-0.4, -0.2) is 25.6 Å². The average Bonchev–Trinajstić information content (AvgIpc) is 3.48. The highest BCUT2D eigenvalue weighted by Crippen LogP contribution is 2.31. The highest BCUT2D eigenvalue weighted by atomic mass is 16.5. The minimum atomic E-state index is -0.107. The van der Waals surface area contributed by atoms with Crippen LogP contribution in [0.25, 0.3) is 22.4 Å². The van der Waals surface area contributed by atoms with Gasteiger partial charge < -0.3 is 14.4 Å². The summed E-state index contributed by atoms with van der Waals surface area (Å²) in [5.41, 5.74) is 4.64. The van der Waals surface area contributed by atoms with Crippen LogP contribution in [0, 0.1) is 6.92 Å². The van der Waals surface area contributed by atoms with Crippen LogP contribution >= 0.6 is 0 Å². The summed E-state index contributed by atoms with van der Waals surface area (Å²) >= 11 is 0. The maximum absolute atomic E-state index is 12.8. The second-order valence-corrected chi connectivity index (χ2v) is 8.58. The van der Waals surface area contributed by atoms with Crippen molar-refractivity contribution in [2.75, 3.05) is 5.32 Å². The molecule has 2 aromatic carbocycles. The number of carbonyl (C=O) groups is 1. The smallest absolute Gasteiger partial charge is 0.272 e. The van der Waals surface area contributed by atoms with Crippen molar-refractivity contribution in [3.8, 4) is 11.4 Å². The number of hydrogen-bond acceptors (Lipinski definition) is 6. The second kappa shape index (κ2) is 8.61. The normalized spacial score (nSPS) is 14.1. The van der Waals surface area contributed by atoms with Crippen molar-refractivity contribution in [1.82, 2.24) is 19.7 Å². The second-order valence-electron chi connectivity index (χ2n) is 8.58. The highest BCUT2D eigenvalue weighted by molar-refractivity contribution is 5.88. The number of aryl methyl sites for hydroxylation is 1. The third-order valence-electron chi connectivity index (χ3n) is 6.10. The summed E-state index contributed by atoms with van der Waals surface area (Å²) in [5, 5.41) is 6.89. The first-order valence-corrected chi connectivity index (χ1v) is 11.2. The molecule has 1 amide bonds. The molecule has 2 aromatic heterocycles. The molecule has 0 atom stereocenters. The number of aromatic nitrogens is 4. The number of nitrogens with zero attached hydrogens (tertiary/aromatic N) is 4. The molecule has 0 aliphatic heterocycles. The summed E-state index contributed by atoms with van der Waals surface area (Å²) in [7, 11) is 0. The Bertz CT molecular complexity index is 1380. The summed E-state index contributed by atoms with van der Waals surface area (Å²) < 4.78 is 7.39. The van der Waals surface area contributed by atoms with Crippen molar-refractivity contribution in [1.29, 1.82) is 0 Å². The van der Waals surface area contributed by atoms with Gasteiger partial charge in [-0.05, 0) is 55.7 Å². The van der Waals surface area contributed by atoms with Gasteiger partial charge in [-0.3, -0.25) is 9.59 Å². The molecule has 2 heterocycles. The standard InChI is InChI=1S/C25H25N5O3/c1-15-25(32)30(20-5-3-4-6-20)22-12-9-18(14-21(22)26-15)24-28-23(33-29-24)13-17-7-10-19(11-8-17)27-16(2)31/h7-12,14,20H,3-6,13H2,1-2H3,(H,27,31). The van der Waals surface area contributed by atoms with Gasteiger partial charge >= 0.3 is 0 Å². The molecule has 0 radical (unpaired) electrons. The van der Waals surface area contributed by atoms with Gasteiger partial charge in [0, 0.05) is 24.2 Å². The zero-order chi connectivity index (χ0) is 22.9. The summed E-state index contributed by atoms with van der Waals surface area (Å²) in [6.45, 7) is 3.24. The molecular formula is C25H25N5O3. The predicted octanol–water partition coefficient (Wildman–Crippen LogP) is 4.42. The van der Waals surface area contributed by atoms with E-state index in [1.54, 1.807) is 6.92 Å². The molecule has 0 bridgehead atoms. The Balaban J connectivity index is 1.41. The fraction of sp³-hybridized carbons (Fsp3) is 0.320. The number of anilines is 1. The van der Waals surface area contributed by atoms with E-state index in [-0.39, 0.29) is 17.5 Å². The van der Waals surface area contributed by atoms with Gasteiger partial charge in [0.2, 0.25) is 17.6 Å². The van der Waals surface area contributed by atoms with Crippen LogP contribution in [0.3, 0.4) is 0 Å². The Morgan fingerprint density at radius 2 is 1.88 bits per heavy atom. The topological polar surface area (TPSA) is 103 Å². The Kier molecular flexibility index (Phi) is 5.50. The van der Waals surface area contributed by atoms with Crippen LogP contribution in [0.5, 0.6) is 0 Å². The van der Waals surface area contributed by atoms with Crippen LogP contribution in [-0.2, 0) is 11.2 Å². The molecule has 4 aromatic rings. The molecule has 1 fully saturated rings. The maximum atomic E-state index is 12.8. The third kappa shape index (κ3) is 4.28. The largest absolute Gasteiger partial charge is 0.339 e. The molecular weight excluding hydrogens is 418 g/mol. The summed E-state index contributed by atoms with van der Waals surface area (Å²) in [5.74, 6) is 0.877. The Hall–Kier alpha value is -3.81. The molecule has 1 aliphatic rings. The molecule has 1 aliphatic carbocycles. The number of nitrogens with one attached hydrogen (secondary N) is 1. The fourth-order valence-electron chi connectivity index (χ4n) is 4.52. The molecule has 33 heavy (non-hydrogen) atoms. The lowest BCUT2D eigenvalue weighted by molar-refractivity contribution is -0.114. The number of hydrogen-bond donors (Lipinski definition) is 1. The average molecular weight is 444 g/mol. The first-order valence-electron chi connectivity index (χ1n) is 11.2. The van der Waals surface area contributed by atoms with Crippen LogP contribution in [0.2, 0.25) is 0 Å². The maximum Gasteiger partial charge on any atom is 0.272 e. The minimum absolute atomic E-state index is 0.00600. The number of benzene rings is 2. The van der Waals surface area contributed by atoms with Gasteiger partial charge in [-0.15, -0.1) is 0 Å². The van der Waals surface area contributed by atoms with E-state index in [4.69, 9.17) is 4.52 Å². The lowest BCUT2D eigenvalue weighted by Crippen LogP contribution is -2.26. The van der Waals surface area contributed by atoms with Crippen molar-refractivity contribution >= 4 is 22.6 Å². The van der Waals surface area contributed by atoms with E-state index in [0.717, 1.165) is 53.5 Å². The lowest BCUT2D eigenvalue weighted by atomic mass is 10.1. The van der Waals surface area contributed by atoms with Crippen molar-refractivity contribution in [3.63, 3.8) is 0 Å². The summed E-state index contributed by atoms with van der Waals surface area (Å²) in [6, 6.07) is 13.5. The van der Waals surface area contributed by atoms with Gasteiger partial charge in [0.05, 0.1) is 17.5 Å². The SMILES string of the molecule is CC(=O)Nc1ccc(Cc2nc(-c3ccc4c(c3)nc(C)c(=O)n4C3CCCC3)no2)cc1. The van der Waals surface area contributed by atoms with Crippen LogP contribution in [0.1, 0.15) is 55.8 Å². The van der Waals surface area contributed by atoms with E-state index in [2.05, 4.69) is 20.4 Å². The van der Waals surface area contributed by atoms with Crippen molar-refractivity contribution in [3.05, 3.63) is 70.0 Å². The zero-order valence-electron chi connectivity index (χ0n) is 18.7. The van der Waals surface area contributed by atoms with Crippen LogP contribution < -0.4 is 10.9 Å². The van der Waals surface area contributed by atoms with E-state index in [1.807, 2.05) is 47.0 Å². The van der Waals surface area contributed by atoms with Gasteiger partial charge in [-0.2, -0.15) is 4.98 Å². The molecule has 0 spiro atoms. The monoisotopic (exact) mass is 443 g/mol. The minimum Gasteiger partial charge on any atom is -0.339 e. The van der Waals surface area contributed by atoms with Gasteiger partial charge in [-0.25, -0.2) is 4.98 Å². The molecule has 1 saturated carbocycles. The predicted molar refractivity (Wildman–Crippen MR) is 125 cm³/mol. The highest BCUT2D eigenvalue weighted by Gasteiger charge is 2.22. The first kappa shape index (κ1) is 21.1. The van der Waals surface area contributed by atoms with E-state index >= 15 is 0 Å². The van der Waals surface area contributed by atoms with Gasteiger partial charge in [0.15, 0.2) is 0 Å². The number of carbonyl (C=O) groups excluding carboxylic acids is 1. The van der Waals surface area contributed by atoms with E-state index in [9.17, 15) is 9.59 Å². The molecule has 0 unspecified atom stereocenters. The number of amides is 1. The molecule has 0 saturated heterocycles. The molecule has 5 rings (SSSR count).